The molecule has 3 nitrogen and oxygen atoms in total. The molecule has 0 amide bonds. The van der Waals surface area contributed by atoms with Crippen molar-refractivity contribution in [1.82, 2.24) is 14.6 Å². The third-order valence-corrected chi connectivity index (χ3v) is 3.89. The summed E-state index contributed by atoms with van der Waals surface area (Å²) < 4.78 is 2.77. The molecule has 0 bridgehead atoms. The van der Waals surface area contributed by atoms with Gasteiger partial charge >= 0.3 is 0 Å². The second-order valence-corrected chi connectivity index (χ2v) is 5.17. The summed E-state index contributed by atoms with van der Waals surface area (Å²) in [6, 6.07) is 8.40. The molecule has 18 heavy (non-hydrogen) atoms. The highest BCUT2D eigenvalue weighted by molar-refractivity contribution is 9.10. The van der Waals surface area contributed by atoms with Crippen LogP contribution in [0.4, 0.5) is 0 Å². The number of halogens is 1. The Morgan fingerprint density at radius 2 is 1.78 bits per heavy atom. The second kappa shape index (κ2) is 4.21. The molecule has 0 aliphatic carbocycles. The van der Waals surface area contributed by atoms with E-state index in [0.29, 0.717) is 0 Å². The van der Waals surface area contributed by atoms with E-state index in [1.54, 1.807) is 0 Å². The van der Waals surface area contributed by atoms with E-state index in [9.17, 15) is 0 Å². The number of hydrogen-bond donors (Lipinski definition) is 0. The van der Waals surface area contributed by atoms with Crippen molar-refractivity contribution in [3.63, 3.8) is 0 Å². The summed E-state index contributed by atoms with van der Waals surface area (Å²) in [5.41, 5.74) is 5.27. The van der Waals surface area contributed by atoms with E-state index in [1.165, 1.54) is 5.56 Å². The van der Waals surface area contributed by atoms with Gasteiger partial charge in [-0.25, -0.2) is 9.50 Å². The topological polar surface area (TPSA) is 30.2 Å². The van der Waals surface area contributed by atoms with Crippen molar-refractivity contribution in [1.29, 1.82) is 0 Å². The molecular formula is C14H12BrN3. The lowest BCUT2D eigenvalue weighted by molar-refractivity contribution is 0.919. The number of nitrogens with zero attached hydrogens (tertiary/aromatic N) is 3. The molecule has 0 N–H and O–H groups in total. The Balaban J connectivity index is 2.16. The zero-order valence-electron chi connectivity index (χ0n) is 10.2. The largest absolute Gasteiger partial charge is 0.235 e. The Morgan fingerprint density at radius 1 is 1.06 bits per heavy atom. The summed E-state index contributed by atoms with van der Waals surface area (Å²) in [5, 5.41) is 4.42. The maximum Gasteiger partial charge on any atom is 0.169 e. The highest BCUT2D eigenvalue weighted by Crippen LogP contribution is 2.23. The minimum absolute atomic E-state index is 0.850. The molecule has 0 aliphatic heterocycles. The van der Waals surface area contributed by atoms with Gasteiger partial charge < -0.3 is 0 Å². The highest BCUT2D eigenvalue weighted by Gasteiger charge is 2.08. The van der Waals surface area contributed by atoms with E-state index in [2.05, 4.69) is 57.2 Å². The molecule has 0 radical (unpaired) electrons. The van der Waals surface area contributed by atoms with Crippen molar-refractivity contribution in [3.05, 3.63) is 52.4 Å². The van der Waals surface area contributed by atoms with Gasteiger partial charge in [-0.15, -0.1) is 0 Å². The van der Waals surface area contributed by atoms with E-state index in [4.69, 9.17) is 0 Å². The zero-order chi connectivity index (χ0) is 12.7. The van der Waals surface area contributed by atoms with Gasteiger partial charge in [0.1, 0.15) is 0 Å². The molecule has 0 aliphatic rings. The Morgan fingerprint density at radius 3 is 2.50 bits per heavy atom. The van der Waals surface area contributed by atoms with E-state index in [1.807, 2.05) is 23.8 Å². The van der Waals surface area contributed by atoms with Crippen LogP contribution in [0.5, 0.6) is 0 Å². The van der Waals surface area contributed by atoms with Gasteiger partial charge in [-0.2, -0.15) is 5.10 Å². The molecule has 2 aromatic heterocycles. The minimum Gasteiger partial charge on any atom is -0.235 e. The monoisotopic (exact) mass is 301 g/mol. The first-order valence-electron chi connectivity index (χ1n) is 5.72. The Kier molecular flexibility index (Phi) is 2.67. The predicted molar refractivity (Wildman–Crippen MR) is 75.6 cm³/mol. The van der Waals surface area contributed by atoms with Crippen molar-refractivity contribution < 1.29 is 0 Å². The fraction of sp³-hybridized carbons (Fsp3) is 0.143. The number of hydrogen-bond acceptors (Lipinski definition) is 2. The molecule has 3 rings (SSSR count). The maximum atomic E-state index is 4.45. The van der Waals surface area contributed by atoms with Crippen molar-refractivity contribution in [2.45, 2.75) is 13.8 Å². The smallest absolute Gasteiger partial charge is 0.169 e. The third-order valence-electron chi connectivity index (χ3n) is 2.96. The summed E-state index contributed by atoms with van der Waals surface area (Å²) in [7, 11) is 0. The fourth-order valence-corrected chi connectivity index (χ4v) is 2.28. The molecule has 0 spiro atoms. The van der Waals surface area contributed by atoms with Crippen LogP contribution < -0.4 is 0 Å². The standard InChI is InChI=1S/C14H12BrN3/c1-9-3-5-11(6-4-9)12-7-16-14-13(15)10(2)17-18(14)8-12/h3-8H,1-2H3. The van der Waals surface area contributed by atoms with Gasteiger partial charge in [0.25, 0.3) is 0 Å². The van der Waals surface area contributed by atoms with E-state index in [0.717, 1.165) is 26.9 Å². The predicted octanol–water partition coefficient (Wildman–Crippen LogP) is 3.78. The Labute approximate surface area is 114 Å². The molecule has 4 heteroatoms. The van der Waals surface area contributed by atoms with Crippen LogP contribution in [0, 0.1) is 13.8 Å². The molecule has 1 aromatic carbocycles. The zero-order valence-corrected chi connectivity index (χ0v) is 11.8. The molecule has 2 heterocycles. The van der Waals surface area contributed by atoms with Crippen LogP contribution in [-0.4, -0.2) is 14.6 Å². The van der Waals surface area contributed by atoms with Crippen LogP contribution in [0.25, 0.3) is 16.8 Å². The van der Waals surface area contributed by atoms with Crippen molar-refractivity contribution in [3.8, 4) is 11.1 Å². The van der Waals surface area contributed by atoms with Crippen molar-refractivity contribution in [2.75, 3.05) is 0 Å². The van der Waals surface area contributed by atoms with E-state index in [-0.39, 0.29) is 0 Å². The number of fused-ring (bicyclic) bond motifs is 1. The number of benzene rings is 1. The SMILES string of the molecule is Cc1ccc(-c2cnc3c(Br)c(C)nn3c2)cc1. The van der Waals surface area contributed by atoms with Gasteiger partial charge in [-0.3, -0.25) is 0 Å². The fourth-order valence-electron chi connectivity index (χ4n) is 1.91. The molecule has 90 valence electrons. The third kappa shape index (κ3) is 1.82. The maximum absolute atomic E-state index is 4.45. The Bertz CT molecular complexity index is 714. The van der Waals surface area contributed by atoms with Crippen LogP contribution in [-0.2, 0) is 0 Å². The van der Waals surface area contributed by atoms with Crippen molar-refractivity contribution in [2.24, 2.45) is 0 Å². The number of rotatable bonds is 1. The molecule has 3 aromatic rings. The first-order valence-corrected chi connectivity index (χ1v) is 6.52. The van der Waals surface area contributed by atoms with Gasteiger partial charge in [0.05, 0.1) is 10.2 Å². The summed E-state index contributed by atoms with van der Waals surface area (Å²) in [5.74, 6) is 0. The lowest BCUT2D eigenvalue weighted by Gasteiger charge is -2.02. The number of aromatic nitrogens is 3. The van der Waals surface area contributed by atoms with Crippen LogP contribution in [0.3, 0.4) is 0 Å². The molecule has 0 saturated carbocycles. The Hall–Kier alpha value is -1.68. The van der Waals surface area contributed by atoms with Gasteiger partial charge in [-0.1, -0.05) is 29.8 Å². The van der Waals surface area contributed by atoms with Gasteiger partial charge in [0.2, 0.25) is 0 Å². The summed E-state index contributed by atoms with van der Waals surface area (Å²) in [4.78, 5) is 4.45. The average molecular weight is 302 g/mol. The first kappa shape index (κ1) is 11.4. The van der Waals surface area contributed by atoms with Gasteiger partial charge in [-0.05, 0) is 35.3 Å². The highest BCUT2D eigenvalue weighted by atomic mass is 79.9. The van der Waals surface area contributed by atoms with Crippen LogP contribution in [0.1, 0.15) is 11.3 Å². The normalized spacial score (nSPS) is 11.1. The summed E-state index contributed by atoms with van der Waals surface area (Å²) in [6.07, 6.45) is 3.89. The second-order valence-electron chi connectivity index (χ2n) is 4.38. The average Bonchev–Trinajstić information content (AvgIpc) is 2.65. The quantitative estimate of drug-likeness (QED) is 0.685. The molecule has 0 unspecified atom stereocenters. The molecule has 0 atom stereocenters. The number of aryl methyl sites for hydroxylation is 2. The van der Waals surface area contributed by atoms with Crippen LogP contribution >= 0.6 is 15.9 Å². The van der Waals surface area contributed by atoms with Crippen LogP contribution in [0.15, 0.2) is 41.1 Å². The summed E-state index contributed by atoms with van der Waals surface area (Å²) in [6.45, 7) is 4.05. The van der Waals surface area contributed by atoms with Gasteiger partial charge in [0, 0.05) is 18.0 Å². The van der Waals surface area contributed by atoms with E-state index >= 15 is 0 Å². The molecular weight excluding hydrogens is 290 g/mol. The minimum atomic E-state index is 0.850. The first-order chi connectivity index (χ1) is 8.65. The molecule has 0 saturated heterocycles. The summed E-state index contributed by atoms with van der Waals surface area (Å²) >= 11 is 3.50. The van der Waals surface area contributed by atoms with E-state index < -0.39 is 0 Å². The lowest BCUT2D eigenvalue weighted by atomic mass is 10.1. The lowest BCUT2D eigenvalue weighted by Crippen LogP contribution is -1.91. The van der Waals surface area contributed by atoms with Crippen molar-refractivity contribution >= 4 is 21.6 Å². The van der Waals surface area contributed by atoms with Gasteiger partial charge in [0.15, 0.2) is 5.65 Å². The van der Waals surface area contributed by atoms with Crippen LogP contribution in [0.2, 0.25) is 0 Å². The molecule has 0 fully saturated rings.